The predicted molar refractivity (Wildman–Crippen MR) is 111 cm³/mol. The number of aromatic nitrogens is 3. The molecule has 0 radical (unpaired) electrons. The summed E-state index contributed by atoms with van der Waals surface area (Å²) in [6, 6.07) is 12.8. The van der Waals surface area contributed by atoms with E-state index in [0.717, 1.165) is 27.0 Å². The molecule has 4 aromatic rings. The highest BCUT2D eigenvalue weighted by atomic mass is 79.9. The highest BCUT2D eigenvalue weighted by molar-refractivity contribution is 9.10. The highest BCUT2D eigenvalue weighted by Gasteiger charge is 2.33. The summed E-state index contributed by atoms with van der Waals surface area (Å²) in [4.78, 5) is 17.1. The number of benzene rings is 2. The molecule has 1 aliphatic rings. The van der Waals surface area contributed by atoms with Gasteiger partial charge in [-0.2, -0.15) is 9.78 Å². The Morgan fingerprint density at radius 1 is 1.29 bits per heavy atom. The molecule has 0 unspecified atom stereocenters. The second kappa shape index (κ2) is 6.49. The number of nitrogens with one attached hydrogen (secondary N) is 1. The summed E-state index contributed by atoms with van der Waals surface area (Å²) >= 11 is 4.76. The van der Waals surface area contributed by atoms with Crippen molar-refractivity contribution in [1.82, 2.24) is 14.8 Å². The van der Waals surface area contributed by atoms with Crippen molar-refractivity contribution >= 4 is 49.2 Å². The number of halogens is 2. The van der Waals surface area contributed by atoms with Crippen LogP contribution in [0, 0.1) is 12.7 Å². The van der Waals surface area contributed by atoms with Crippen LogP contribution in [-0.4, -0.2) is 20.7 Å². The average Bonchev–Trinajstić information content (AvgIpc) is 3.24. The van der Waals surface area contributed by atoms with Crippen molar-refractivity contribution in [3.63, 3.8) is 0 Å². The Labute approximate surface area is 172 Å². The molecule has 1 N–H and O–H groups in total. The molecule has 1 atom stereocenters. The van der Waals surface area contributed by atoms with Crippen molar-refractivity contribution in [2.75, 3.05) is 5.32 Å². The molecule has 0 spiro atoms. The Morgan fingerprint density at radius 3 is 2.89 bits per heavy atom. The van der Waals surface area contributed by atoms with Crippen LogP contribution in [0.1, 0.15) is 29.2 Å². The van der Waals surface area contributed by atoms with Crippen LogP contribution < -0.4 is 5.32 Å². The smallest absolute Gasteiger partial charge is 0.226 e. The number of fused-ring (bicyclic) bond motifs is 2. The van der Waals surface area contributed by atoms with Crippen molar-refractivity contribution in [3.05, 3.63) is 69.6 Å². The molecule has 0 aliphatic carbocycles. The number of hydrogen-bond donors (Lipinski definition) is 1. The Bertz CT molecular complexity index is 1220. The standard InChI is InChI=1S/C20H14BrFN4OS/c1-10-18-12(11-6-7-14(22)13(21)8-11)9-17(27)24-19(18)26(25-10)20-23-15-4-2-3-5-16(15)28-20/h2-8,12H,9H2,1H3,(H,24,27)/t12-/m1/s1. The number of carbonyl (C=O) groups is 1. The van der Waals surface area contributed by atoms with E-state index in [2.05, 4.69) is 31.3 Å². The van der Waals surface area contributed by atoms with Crippen LogP contribution in [0.25, 0.3) is 15.3 Å². The molecule has 1 aliphatic heterocycles. The average molecular weight is 457 g/mol. The quantitative estimate of drug-likeness (QED) is 0.452. The third-order valence-electron chi connectivity index (χ3n) is 4.91. The van der Waals surface area contributed by atoms with Crippen LogP contribution >= 0.6 is 27.3 Å². The van der Waals surface area contributed by atoms with Crippen LogP contribution in [0.5, 0.6) is 0 Å². The molecule has 0 bridgehead atoms. The number of carbonyl (C=O) groups excluding carboxylic acids is 1. The first-order chi connectivity index (χ1) is 13.5. The summed E-state index contributed by atoms with van der Waals surface area (Å²) in [6.07, 6.45) is 0.289. The predicted octanol–water partition coefficient (Wildman–Crippen LogP) is 5.17. The minimum atomic E-state index is -0.328. The number of hydrogen-bond acceptors (Lipinski definition) is 4. The van der Waals surface area contributed by atoms with E-state index < -0.39 is 0 Å². The van der Waals surface area contributed by atoms with E-state index in [1.807, 2.05) is 31.2 Å². The van der Waals surface area contributed by atoms with Crippen LogP contribution in [0.2, 0.25) is 0 Å². The minimum absolute atomic E-state index is 0.0970. The van der Waals surface area contributed by atoms with E-state index in [0.29, 0.717) is 15.4 Å². The maximum absolute atomic E-state index is 13.7. The SMILES string of the molecule is Cc1nn(-c2nc3ccccc3s2)c2c1[C@@H](c1ccc(F)c(Br)c1)CC(=O)N2. The van der Waals surface area contributed by atoms with E-state index in [9.17, 15) is 9.18 Å². The van der Waals surface area contributed by atoms with Gasteiger partial charge in [0.25, 0.3) is 0 Å². The summed E-state index contributed by atoms with van der Waals surface area (Å²) in [6.45, 7) is 1.92. The van der Waals surface area contributed by atoms with Crippen LogP contribution in [0.3, 0.4) is 0 Å². The molecule has 0 fully saturated rings. The normalized spacial score (nSPS) is 16.2. The lowest BCUT2D eigenvalue weighted by molar-refractivity contribution is -0.116. The van der Waals surface area contributed by atoms with Crippen LogP contribution in [0.15, 0.2) is 46.9 Å². The summed E-state index contributed by atoms with van der Waals surface area (Å²) in [7, 11) is 0. The van der Waals surface area contributed by atoms with Gasteiger partial charge in [-0.1, -0.05) is 29.5 Å². The van der Waals surface area contributed by atoms with Gasteiger partial charge in [0.05, 0.1) is 20.4 Å². The Kier molecular flexibility index (Phi) is 4.06. The zero-order valence-electron chi connectivity index (χ0n) is 14.7. The van der Waals surface area contributed by atoms with E-state index in [-0.39, 0.29) is 24.1 Å². The number of thiazole rings is 1. The number of amides is 1. The molecule has 3 heterocycles. The molecule has 8 heteroatoms. The maximum Gasteiger partial charge on any atom is 0.226 e. The Balaban J connectivity index is 1.68. The van der Waals surface area contributed by atoms with Gasteiger partial charge in [-0.05, 0) is 52.7 Å². The molecule has 5 rings (SSSR count). The molecule has 2 aromatic carbocycles. The summed E-state index contributed by atoms with van der Waals surface area (Å²) in [5, 5.41) is 8.33. The summed E-state index contributed by atoms with van der Waals surface area (Å²) in [5.74, 6) is 0.0216. The van der Waals surface area contributed by atoms with Gasteiger partial charge in [0.2, 0.25) is 11.0 Å². The summed E-state index contributed by atoms with van der Waals surface area (Å²) < 4.78 is 16.8. The zero-order chi connectivity index (χ0) is 19.4. The van der Waals surface area contributed by atoms with Crippen molar-refractivity contribution in [2.45, 2.75) is 19.3 Å². The van der Waals surface area contributed by atoms with Crippen molar-refractivity contribution in [1.29, 1.82) is 0 Å². The minimum Gasteiger partial charge on any atom is -0.310 e. The van der Waals surface area contributed by atoms with Gasteiger partial charge < -0.3 is 5.32 Å². The number of nitrogens with zero attached hydrogens (tertiary/aromatic N) is 3. The van der Waals surface area contributed by atoms with Crippen molar-refractivity contribution < 1.29 is 9.18 Å². The van der Waals surface area contributed by atoms with Gasteiger partial charge in [-0.3, -0.25) is 4.79 Å². The van der Waals surface area contributed by atoms with Gasteiger partial charge in [0.1, 0.15) is 11.6 Å². The number of anilines is 1. The molecule has 28 heavy (non-hydrogen) atoms. The number of para-hydroxylation sites is 1. The largest absolute Gasteiger partial charge is 0.310 e. The topological polar surface area (TPSA) is 59.8 Å². The van der Waals surface area contributed by atoms with Crippen LogP contribution in [-0.2, 0) is 4.79 Å². The van der Waals surface area contributed by atoms with Gasteiger partial charge >= 0.3 is 0 Å². The fourth-order valence-corrected chi connectivity index (χ4v) is 4.97. The van der Waals surface area contributed by atoms with Gasteiger partial charge in [-0.15, -0.1) is 0 Å². The Morgan fingerprint density at radius 2 is 2.11 bits per heavy atom. The van der Waals surface area contributed by atoms with Gasteiger partial charge in [0.15, 0.2) is 0 Å². The fraction of sp³-hybridized carbons (Fsp3) is 0.150. The Hall–Kier alpha value is -2.58. The summed E-state index contributed by atoms with van der Waals surface area (Å²) in [5.41, 5.74) is 3.53. The molecule has 0 saturated carbocycles. The zero-order valence-corrected chi connectivity index (χ0v) is 17.1. The monoisotopic (exact) mass is 456 g/mol. The van der Waals surface area contributed by atoms with Crippen molar-refractivity contribution in [2.24, 2.45) is 0 Å². The number of rotatable bonds is 2. The van der Waals surface area contributed by atoms with Gasteiger partial charge in [0, 0.05) is 17.9 Å². The fourth-order valence-electron chi connectivity index (χ4n) is 3.65. The lowest BCUT2D eigenvalue weighted by Crippen LogP contribution is -2.25. The lowest BCUT2D eigenvalue weighted by Gasteiger charge is -2.24. The van der Waals surface area contributed by atoms with E-state index in [1.165, 1.54) is 17.4 Å². The first kappa shape index (κ1) is 17.5. The van der Waals surface area contributed by atoms with Crippen LogP contribution in [0.4, 0.5) is 10.2 Å². The molecular formula is C20H14BrFN4OS. The molecule has 2 aromatic heterocycles. The highest BCUT2D eigenvalue weighted by Crippen LogP contribution is 2.41. The molecule has 5 nitrogen and oxygen atoms in total. The van der Waals surface area contributed by atoms with E-state index in [4.69, 9.17) is 0 Å². The third kappa shape index (κ3) is 2.75. The lowest BCUT2D eigenvalue weighted by atomic mass is 9.86. The first-order valence-electron chi connectivity index (χ1n) is 8.71. The van der Waals surface area contributed by atoms with E-state index in [1.54, 1.807) is 16.8 Å². The molecule has 140 valence electrons. The second-order valence-electron chi connectivity index (χ2n) is 6.70. The van der Waals surface area contributed by atoms with Crippen molar-refractivity contribution in [3.8, 4) is 5.13 Å². The third-order valence-corrected chi connectivity index (χ3v) is 6.53. The molecule has 1 amide bonds. The molecule has 0 saturated heterocycles. The first-order valence-corrected chi connectivity index (χ1v) is 10.3. The molecular weight excluding hydrogens is 443 g/mol. The number of aryl methyl sites for hydroxylation is 1. The second-order valence-corrected chi connectivity index (χ2v) is 8.57. The van der Waals surface area contributed by atoms with E-state index >= 15 is 0 Å². The van der Waals surface area contributed by atoms with Gasteiger partial charge in [-0.25, -0.2) is 9.37 Å². The maximum atomic E-state index is 13.7.